The Morgan fingerprint density at radius 2 is 2.36 bits per heavy atom. The maximum absolute atomic E-state index is 13.0. The largest absolute Gasteiger partial charge is 0.329 e. The summed E-state index contributed by atoms with van der Waals surface area (Å²) in [5, 5.41) is 11.3. The van der Waals surface area contributed by atoms with Crippen LogP contribution in [0.2, 0.25) is 0 Å². The molecule has 1 aliphatic rings. The third-order valence-electron chi connectivity index (χ3n) is 4.20. The van der Waals surface area contributed by atoms with E-state index in [1.807, 2.05) is 18.0 Å². The second kappa shape index (κ2) is 6.56. The first-order chi connectivity index (χ1) is 10.7. The average molecular weight is 319 g/mol. The number of amides is 1. The molecule has 0 saturated carbocycles. The fraction of sp³-hybridized carbons (Fsp3) is 0.600. The Bertz CT molecular complexity index is 650. The Hall–Kier alpha value is -1.76. The van der Waals surface area contributed by atoms with E-state index >= 15 is 0 Å². The highest BCUT2D eigenvalue weighted by Gasteiger charge is 2.32. The molecule has 1 fully saturated rings. The number of rotatable bonds is 4. The summed E-state index contributed by atoms with van der Waals surface area (Å²) in [6.07, 6.45) is 6.75. The number of hydrogen-bond acceptors (Lipinski definition) is 5. The lowest BCUT2D eigenvalue weighted by molar-refractivity contribution is 0.0609. The fourth-order valence-corrected chi connectivity index (χ4v) is 3.73. The normalized spacial score (nSPS) is 18.6. The number of aromatic nitrogens is 4. The van der Waals surface area contributed by atoms with Crippen LogP contribution in [0.25, 0.3) is 0 Å². The van der Waals surface area contributed by atoms with Crippen LogP contribution in [-0.2, 0) is 6.42 Å². The number of nitrogens with zero attached hydrogens (tertiary/aromatic N) is 4. The highest BCUT2D eigenvalue weighted by molar-refractivity contribution is 7.08. The van der Waals surface area contributed by atoms with E-state index in [9.17, 15) is 4.79 Å². The lowest BCUT2D eigenvalue weighted by Crippen LogP contribution is -2.39. The van der Waals surface area contributed by atoms with Gasteiger partial charge in [0.25, 0.3) is 5.91 Å². The molecule has 0 unspecified atom stereocenters. The van der Waals surface area contributed by atoms with Gasteiger partial charge in [0.2, 0.25) is 0 Å². The van der Waals surface area contributed by atoms with Crippen molar-refractivity contribution in [3.8, 4) is 0 Å². The monoisotopic (exact) mass is 319 g/mol. The van der Waals surface area contributed by atoms with E-state index in [4.69, 9.17) is 0 Å². The lowest BCUT2D eigenvalue weighted by atomic mass is 9.97. The van der Waals surface area contributed by atoms with Gasteiger partial charge in [0.15, 0.2) is 0 Å². The quantitative estimate of drug-likeness (QED) is 0.940. The van der Waals surface area contributed by atoms with Crippen LogP contribution in [0, 0.1) is 6.92 Å². The molecule has 3 rings (SSSR count). The van der Waals surface area contributed by atoms with Crippen molar-refractivity contribution >= 4 is 17.4 Å². The Labute approximate surface area is 134 Å². The van der Waals surface area contributed by atoms with Gasteiger partial charge in [0.05, 0.1) is 23.6 Å². The van der Waals surface area contributed by atoms with E-state index in [1.54, 1.807) is 0 Å². The minimum atomic E-state index is 0.0668. The molecular formula is C15H21N5OS. The second-order valence-electron chi connectivity index (χ2n) is 5.78. The van der Waals surface area contributed by atoms with Crippen LogP contribution in [-0.4, -0.2) is 37.1 Å². The summed E-state index contributed by atoms with van der Waals surface area (Å²) < 4.78 is 3.99. The first kappa shape index (κ1) is 15.1. The highest BCUT2D eigenvalue weighted by atomic mass is 32.1. The highest BCUT2D eigenvalue weighted by Crippen LogP contribution is 2.33. The van der Waals surface area contributed by atoms with Gasteiger partial charge in [0.1, 0.15) is 4.88 Å². The third kappa shape index (κ3) is 2.77. The molecule has 6 nitrogen and oxygen atoms in total. The van der Waals surface area contributed by atoms with Gasteiger partial charge in [-0.1, -0.05) is 17.8 Å². The van der Waals surface area contributed by atoms with Crippen LogP contribution in [0.3, 0.4) is 0 Å². The molecule has 1 atom stereocenters. The summed E-state index contributed by atoms with van der Waals surface area (Å²) in [7, 11) is 0. The van der Waals surface area contributed by atoms with Gasteiger partial charge < -0.3 is 4.90 Å². The van der Waals surface area contributed by atoms with Crippen LogP contribution < -0.4 is 0 Å². The molecule has 1 saturated heterocycles. The topological polar surface area (TPSA) is 74.8 Å². The van der Waals surface area contributed by atoms with E-state index in [0.29, 0.717) is 4.88 Å². The van der Waals surface area contributed by atoms with Gasteiger partial charge in [-0.3, -0.25) is 9.89 Å². The van der Waals surface area contributed by atoms with E-state index in [-0.39, 0.29) is 11.9 Å². The number of hydrogen-bond donors (Lipinski definition) is 1. The predicted octanol–water partition coefficient (Wildman–Crippen LogP) is 2.89. The van der Waals surface area contributed by atoms with Crippen LogP contribution in [0.1, 0.15) is 65.3 Å². The predicted molar refractivity (Wildman–Crippen MR) is 84.9 cm³/mol. The van der Waals surface area contributed by atoms with Gasteiger partial charge in [-0.15, -0.1) is 5.10 Å². The first-order valence-corrected chi connectivity index (χ1v) is 8.61. The molecule has 118 valence electrons. The van der Waals surface area contributed by atoms with Crippen LogP contribution in [0.4, 0.5) is 0 Å². The molecule has 0 radical (unpaired) electrons. The zero-order valence-corrected chi connectivity index (χ0v) is 13.8. The molecule has 1 amide bonds. The van der Waals surface area contributed by atoms with Crippen molar-refractivity contribution in [2.24, 2.45) is 0 Å². The van der Waals surface area contributed by atoms with E-state index in [2.05, 4.69) is 26.7 Å². The number of H-pyrrole nitrogens is 1. The van der Waals surface area contributed by atoms with Gasteiger partial charge in [-0.05, 0) is 49.7 Å². The molecule has 2 aromatic heterocycles. The average Bonchev–Trinajstić information content (AvgIpc) is 3.16. The third-order valence-corrected chi connectivity index (χ3v) is 4.96. The minimum absolute atomic E-state index is 0.0668. The summed E-state index contributed by atoms with van der Waals surface area (Å²) in [6.45, 7) is 4.91. The number of carbonyl (C=O) groups is 1. The van der Waals surface area contributed by atoms with E-state index in [1.165, 1.54) is 11.5 Å². The number of aromatic amines is 1. The van der Waals surface area contributed by atoms with E-state index < -0.39 is 0 Å². The van der Waals surface area contributed by atoms with E-state index in [0.717, 1.165) is 55.6 Å². The number of aryl methyl sites for hydroxylation is 2. The molecule has 7 heteroatoms. The second-order valence-corrected chi connectivity index (χ2v) is 6.53. The van der Waals surface area contributed by atoms with Crippen molar-refractivity contribution in [2.45, 2.75) is 52.0 Å². The minimum Gasteiger partial charge on any atom is -0.329 e. The van der Waals surface area contributed by atoms with Crippen molar-refractivity contribution in [2.75, 3.05) is 6.54 Å². The van der Waals surface area contributed by atoms with Crippen molar-refractivity contribution < 1.29 is 4.79 Å². The summed E-state index contributed by atoms with van der Waals surface area (Å²) in [5.41, 5.74) is 3.01. The first-order valence-electron chi connectivity index (χ1n) is 7.84. The molecule has 2 aromatic rings. The summed E-state index contributed by atoms with van der Waals surface area (Å²) in [4.78, 5) is 15.7. The molecule has 0 spiro atoms. The van der Waals surface area contributed by atoms with Gasteiger partial charge in [-0.25, -0.2) is 0 Å². The summed E-state index contributed by atoms with van der Waals surface area (Å²) in [6, 6.07) is 0.0836. The van der Waals surface area contributed by atoms with Crippen LogP contribution in [0.15, 0.2) is 6.20 Å². The zero-order chi connectivity index (χ0) is 15.5. The summed E-state index contributed by atoms with van der Waals surface area (Å²) in [5.74, 6) is 0.0668. The number of carbonyl (C=O) groups excluding carboxylic acids is 1. The number of nitrogens with one attached hydrogen (secondary N) is 1. The molecular weight excluding hydrogens is 298 g/mol. The molecule has 1 aliphatic heterocycles. The Morgan fingerprint density at radius 1 is 1.50 bits per heavy atom. The SMILES string of the molecule is CCCc1nnsc1C(=O)N1CCCC[C@@H]1c1[nH]ncc1C. The van der Waals surface area contributed by atoms with Gasteiger partial charge >= 0.3 is 0 Å². The maximum Gasteiger partial charge on any atom is 0.268 e. The van der Waals surface area contributed by atoms with Crippen LogP contribution in [0.5, 0.6) is 0 Å². The van der Waals surface area contributed by atoms with Gasteiger partial charge in [-0.2, -0.15) is 5.10 Å². The molecule has 1 N–H and O–H groups in total. The standard InChI is InChI=1S/C15H21N5OS/c1-3-6-11-14(22-19-17-11)15(21)20-8-5-4-7-12(20)13-10(2)9-16-18-13/h9,12H,3-8H2,1-2H3,(H,16,18)/t12-/m1/s1. The Kier molecular flexibility index (Phi) is 4.52. The summed E-state index contributed by atoms with van der Waals surface area (Å²) >= 11 is 1.22. The smallest absolute Gasteiger partial charge is 0.268 e. The Morgan fingerprint density at radius 3 is 3.09 bits per heavy atom. The van der Waals surface area contributed by atoms with Crippen molar-refractivity contribution in [1.29, 1.82) is 0 Å². The number of likely N-dealkylation sites (tertiary alicyclic amines) is 1. The molecule has 3 heterocycles. The lowest BCUT2D eigenvalue weighted by Gasteiger charge is -2.35. The van der Waals surface area contributed by atoms with Gasteiger partial charge in [0, 0.05) is 6.54 Å². The van der Waals surface area contributed by atoms with Crippen molar-refractivity contribution in [3.63, 3.8) is 0 Å². The van der Waals surface area contributed by atoms with Crippen molar-refractivity contribution in [3.05, 3.63) is 28.0 Å². The van der Waals surface area contributed by atoms with Crippen molar-refractivity contribution in [1.82, 2.24) is 24.7 Å². The Balaban J connectivity index is 1.89. The number of piperidine rings is 1. The van der Waals surface area contributed by atoms with Crippen LogP contribution >= 0.6 is 11.5 Å². The maximum atomic E-state index is 13.0. The zero-order valence-electron chi connectivity index (χ0n) is 13.0. The molecule has 0 aromatic carbocycles. The molecule has 0 bridgehead atoms. The fourth-order valence-electron chi connectivity index (χ4n) is 3.07. The molecule has 22 heavy (non-hydrogen) atoms. The molecule has 0 aliphatic carbocycles.